The average Bonchev–Trinajstić information content (AvgIpc) is 3.23. The van der Waals surface area contributed by atoms with Gasteiger partial charge in [0.2, 0.25) is 0 Å². The number of hydrogen-bond donors (Lipinski definition) is 2. The summed E-state index contributed by atoms with van der Waals surface area (Å²) in [6, 6.07) is 11.6. The lowest BCUT2D eigenvalue weighted by Crippen LogP contribution is -2.33. The Kier molecular flexibility index (Phi) is 5.97. The standard InChI is InChI=1S/C22H22FN3O2S/c23-17-6-2-1-5-15(17)14-20-22(28)25-18-13-16(7-8-19(18)29-20)21(27)24-9-12-26-10-3-4-11-26/h1-2,5-8,13-14H,3-4,9-12H2,(H,24,27)(H,25,28). The molecule has 5 nitrogen and oxygen atoms in total. The third kappa shape index (κ3) is 4.68. The Bertz CT molecular complexity index is 970. The van der Waals surface area contributed by atoms with E-state index in [1.165, 1.54) is 36.7 Å². The van der Waals surface area contributed by atoms with E-state index in [4.69, 9.17) is 0 Å². The predicted molar refractivity (Wildman–Crippen MR) is 113 cm³/mol. The van der Waals surface area contributed by atoms with Crippen molar-refractivity contribution in [1.29, 1.82) is 0 Å². The van der Waals surface area contributed by atoms with Crippen molar-refractivity contribution in [2.45, 2.75) is 17.7 Å². The number of hydrogen-bond acceptors (Lipinski definition) is 4. The Labute approximate surface area is 173 Å². The molecule has 4 rings (SSSR count). The highest BCUT2D eigenvalue weighted by Gasteiger charge is 2.22. The molecule has 2 aromatic carbocycles. The number of likely N-dealkylation sites (tertiary alicyclic amines) is 1. The Morgan fingerprint density at radius 1 is 1.21 bits per heavy atom. The van der Waals surface area contributed by atoms with Crippen LogP contribution >= 0.6 is 11.8 Å². The van der Waals surface area contributed by atoms with Crippen molar-refractivity contribution in [3.05, 3.63) is 64.3 Å². The van der Waals surface area contributed by atoms with Crippen molar-refractivity contribution in [1.82, 2.24) is 10.2 Å². The summed E-state index contributed by atoms with van der Waals surface area (Å²) in [6.45, 7) is 3.65. The molecule has 1 saturated heterocycles. The lowest BCUT2D eigenvalue weighted by molar-refractivity contribution is -0.112. The molecule has 2 amide bonds. The van der Waals surface area contributed by atoms with E-state index in [0.717, 1.165) is 24.5 Å². The zero-order chi connectivity index (χ0) is 20.2. The van der Waals surface area contributed by atoms with Crippen LogP contribution in [-0.2, 0) is 4.79 Å². The van der Waals surface area contributed by atoms with Gasteiger partial charge in [0.15, 0.2) is 0 Å². The number of fused-ring (bicyclic) bond motifs is 1. The van der Waals surface area contributed by atoms with Gasteiger partial charge >= 0.3 is 0 Å². The van der Waals surface area contributed by atoms with Crippen molar-refractivity contribution < 1.29 is 14.0 Å². The van der Waals surface area contributed by atoms with Gasteiger partial charge < -0.3 is 15.5 Å². The first-order valence-corrected chi connectivity index (χ1v) is 10.5. The summed E-state index contributed by atoms with van der Waals surface area (Å²) in [5, 5.41) is 5.75. The van der Waals surface area contributed by atoms with Gasteiger partial charge in [-0.15, -0.1) is 0 Å². The number of benzene rings is 2. The van der Waals surface area contributed by atoms with Gasteiger partial charge in [0.25, 0.3) is 11.8 Å². The van der Waals surface area contributed by atoms with Gasteiger partial charge in [-0.2, -0.15) is 0 Å². The van der Waals surface area contributed by atoms with Crippen molar-refractivity contribution in [3.63, 3.8) is 0 Å². The van der Waals surface area contributed by atoms with E-state index in [2.05, 4.69) is 15.5 Å². The molecule has 29 heavy (non-hydrogen) atoms. The predicted octanol–water partition coefficient (Wildman–Crippen LogP) is 3.74. The number of nitrogens with one attached hydrogen (secondary N) is 2. The summed E-state index contributed by atoms with van der Waals surface area (Å²) >= 11 is 1.27. The number of anilines is 1. The van der Waals surface area contributed by atoms with Crippen LogP contribution in [0.25, 0.3) is 6.08 Å². The van der Waals surface area contributed by atoms with Crippen molar-refractivity contribution in [2.75, 3.05) is 31.5 Å². The SMILES string of the molecule is O=C1Nc2cc(C(=O)NCCN3CCCC3)ccc2SC1=Cc1ccccc1F. The van der Waals surface area contributed by atoms with Crippen LogP contribution in [0.3, 0.4) is 0 Å². The number of nitrogens with zero attached hydrogens (tertiary/aromatic N) is 1. The molecule has 0 spiro atoms. The molecule has 2 aliphatic rings. The first kappa shape index (κ1) is 19.7. The molecular weight excluding hydrogens is 389 g/mol. The van der Waals surface area contributed by atoms with E-state index >= 15 is 0 Å². The first-order chi connectivity index (χ1) is 14.1. The quantitative estimate of drug-likeness (QED) is 0.736. The first-order valence-electron chi connectivity index (χ1n) is 9.70. The van der Waals surface area contributed by atoms with Crippen molar-refractivity contribution in [2.24, 2.45) is 0 Å². The minimum absolute atomic E-state index is 0.154. The third-order valence-corrected chi connectivity index (χ3v) is 6.14. The van der Waals surface area contributed by atoms with Crippen LogP contribution in [0.15, 0.2) is 52.3 Å². The second-order valence-corrected chi connectivity index (χ2v) is 8.19. The molecule has 0 bridgehead atoms. The van der Waals surface area contributed by atoms with Crippen molar-refractivity contribution in [3.8, 4) is 0 Å². The number of carbonyl (C=O) groups excluding carboxylic acids is 2. The summed E-state index contributed by atoms with van der Waals surface area (Å²) in [5.74, 6) is -0.837. The van der Waals surface area contributed by atoms with Crippen LogP contribution in [0.4, 0.5) is 10.1 Å². The average molecular weight is 412 g/mol. The van der Waals surface area contributed by atoms with Gasteiger partial charge in [-0.05, 0) is 56.3 Å². The largest absolute Gasteiger partial charge is 0.351 e. The van der Waals surface area contributed by atoms with Gasteiger partial charge in [-0.25, -0.2) is 4.39 Å². The summed E-state index contributed by atoms with van der Waals surface area (Å²) in [4.78, 5) is 28.4. The minimum Gasteiger partial charge on any atom is -0.351 e. The summed E-state index contributed by atoms with van der Waals surface area (Å²) < 4.78 is 13.9. The molecule has 0 unspecified atom stereocenters. The summed E-state index contributed by atoms with van der Waals surface area (Å²) in [6.07, 6.45) is 3.99. The molecule has 0 aliphatic carbocycles. The molecule has 2 N–H and O–H groups in total. The van der Waals surface area contributed by atoms with Gasteiger partial charge in [0, 0.05) is 29.1 Å². The third-order valence-electron chi connectivity index (χ3n) is 5.04. The van der Waals surface area contributed by atoms with Gasteiger partial charge in [-0.1, -0.05) is 30.0 Å². The molecule has 2 aromatic rings. The van der Waals surface area contributed by atoms with E-state index in [1.807, 2.05) is 6.07 Å². The number of halogens is 1. The topological polar surface area (TPSA) is 61.4 Å². The molecule has 2 aliphatic heterocycles. The fourth-order valence-corrected chi connectivity index (χ4v) is 4.39. The van der Waals surface area contributed by atoms with E-state index in [1.54, 1.807) is 30.3 Å². The Hall–Kier alpha value is -2.64. The van der Waals surface area contributed by atoms with Crippen molar-refractivity contribution >= 4 is 35.3 Å². The van der Waals surface area contributed by atoms with Crippen LogP contribution in [-0.4, -0.2) is 42.9 Å². The van der Waals surface area contributed by atoms with E-state index < -0.39 is 0 Å². The Balaban J connectivity index is 1.43. The molecule has 0 radical (unpaired) electrons. The fourth-order valence-electron chi connectivity index (χ4n) is 3.47. The zero-order valence-corrected chi connectivity index (χ0v) is 16.7. The maximum atomic E-state index is 13.9. The highest BCUT2D eigenvalue weighted by molar-refractivity contribution is 8.04. The smallest absolute Gasteiger partial charge is 0.262 e. The molecule has 0 saturated carbocycles. The molecule has 0 aromatic heterocycles. The highest BCUT2D eigenvalue weighted by atomic mass is 32.2. The number of rotatable bonds is 5. The summed E-state index contributed by atoms with van der Waals surface area (Å²) in [5.41, 5.74) is 1.47. The lowest BCUT2D eigenvalue weighted by Gasteiger charge is -2.20. The molecule has 2 heterocycles. The number of thioether (sulfide) groups is 1. The molecule has 0 atom stereocenters. The van der Waals surface area contributed by atoms with Crippen LogP contribution in [0, 0.1) is 5.82 Å². The normalized spacial score (nSPS) is 17.8. The van der Waals surface area contributed by atoms with E-state index in [0.29, 0.717) is 28.3 Å². The summed E-state index contributed by atoms with van der Waals surface area (Å²) in [7, 11) is 0. The van der Waals surface area contributed by atoms with Crippen LogP contribution < -0.4 is 10.6 Å². The second-order valence-electron chi connectivity index (χ2n) is 7.10. The fraction of sp³-hybridized carbons (Fsp3) is 0.273. The van der Waals surface area contributed by atoms with Gasteiger partial charge in [0.1, 0.15) is 5.82 Å². The molecule has 7 heteroatoms. The van der Waals surface area contributed by atoms with Crippen LogP contribution in [0.5, 0.6) is 0 Å². The van der Waals surface area contributed by atoms with Crippen LogP contribution in [0.1, 0.15) is 28.8 Å². The number of amides is 2. The highest BCUT2D eigenvalue weighted by Crippen LogP contribution is 2.39. The zero-order valence-electron chi connectivity index (χ0n) is 15.9. The monoisotopic (exact) mass is 411 g/mol. The van der Waals surface area contributed by atoms with E-state index in [9.17, 15) is 14.0 Å². The maximum Gasteiger partial charge on any atom is 0.262 e. The minimum atomic E-state index is -0.375. The second kappa shape index (κ2) is 8.80. The number of carbonyl (C=O) groups is 2. The van der Waals surface area contributed by atoms with E-state index in [-0.39, 0.29) is 17.6 Å². The van der Waals surface area contributed by atoms with Crippen LogP contribution in [0.2, 0.25) is 0 Å². The maximum absolute atomic E-state index is 13.9. The lowest BCUT2D eigenvalue weighted by atomic mass is 10.1. The molecule has 1 fully saturated rings. The Morgan fingerprint density at radius 2 is 2.00 bits per heavy atom. The molecular formula is C22H22FN3O2S. The molecule has 150 valence electrons. The van der Waals surface area contributed by atoms with Gasteiger partial charge in [0.05, 0.1) is 10.6 Å². The Morgan fingerprint density at radius 3 is 2.79 bits per heavy atom. The van der Waals surface area contributed by atoms with Gasteiger partial charge in [-0.3, -0.25) is 9.59 Å².